The highest BCUT2D eigenvalue weighted by Crippen LogP contribution is 2.25. The van der Waals surface area contributed by atoms with Crippen molar-refractivity contribution >= 4 is 29.7 Å². The first-order valence-electron chi connectivity index (χ1n) is 3.82. The van der Waals surface area contributed by atoms with E-state index in [0.29, 0.717) is 10.7 Å². The summed E-state index contributed by atoms with van der Waals surface area (Å²) in [5.41, 5.74) is 2.43. The molecular weight excluding hydrogens is 184 g/mol. The van der Waals surface area contributed by atoms with E-state index in [4.69, 9.17) is 11.6 Å². The van der Waals surface area contributed by atoms with Crippen LogP contribution in [-0.2, 0) is 0 Å². The van der Waals surface area contributed by atoms with E-state index in [1.54, 1.807) is 6.07 Å². The van der Waals surface area contributed by atoms with Gasteiger partial charge < -0.3 is 5.32 Å². The van der Waals surface area contributed by atoms with E-state index >= 15 is 0 Å². The first-order valence-corrected chi connectivity index (χ1v) is 4.20. The summed E-state index contributed by atoms with van der Waals surface area (Å²) in [5.74, 6) is 0. The van der Waals surface area contributed by atoms with Crippen molar-refractivity contribution in [3.63, 3.8) is 0 Å². The highest BCUT2D eigenvalue weighted by Gasteiger charge is 2.01. The summed E-state index contributed by atoms with van der Waals surface area (Å²) in [6.45, 7) is 7.16. The van der Waals surface area contributed by atoms with Crippen LogP contribution in [0, 0.1) is 0 Å². The molecule has 13 heavy (non-hydrogen) atoms. The Labute approximate surface area is 83.0 Å². The molecule has 0 unspecified atom stereocenters. The third-order valence-corrected chi connectivity index (χ3v) is 2.09. The number of anilines is 1. The Morgan fingerprint density at radius 3 is 2.77 bits per heavy atom. The average molecular weight is 195 g/mol. The van der Waals surface area contributed by atoms with E-state index in [9.17, 15) is 0 Å². The molecule has 0 fully saturated rings. The van der Waals surface area contributed by atoms with Gasteiger partial charge in [0.05, 0.1) is 16.4 Å². The molecule has 0 saturated heterocycles. The van der Waals surface area contributed by atoms with Crippen LogP contribution in [0.5, 0.6) is 0 Å². The smallest absolute Gasteiger partial charge is 0.0637 e. The Bertz CT molecular complexity index is 345. The molecule has 0 spiro atoms. The average Bonchev–Trinajstić information content (AvgIpc) is 2.17. The van der Waals surface area contributed by atoms with Crippen LogP contribution in [0.1, 0.15) is 5.56 Å². The standard InChI is InChI=1S/C10H11ClN2/c1-7(12-2)8-4-5-9(11)10(6-8)13-3/h4-6,13H,1-2H2,3H3. The number of hydrogen-bond donors (Lipinski definition) is 1. The van der Waals surface area contributed by atoms with Gasteiger partial charge in [-0.25, -0.2) is 0 Å². The van der Waals surface area contributed by atoms with Crippen molar-refractivity contribution in [3.8, 4) is 0 Å². The minimum Gasteiger partial charge on any atom is -0.387 e. The SMILES string of the molecule is C=NC(=C)c1ccc(Cl)c(NC)c1. The predicted molar refractivity (Wildman–Crippen MR) is 59.6 cm³/mol. The maximum Gasteiger partial charge on any atom is 0.0637 e. The second-order valence-electron chi connectivity index (χ2n) is 2.55. The van der Waals surface area contributed by atoms with E-state index in [0.717, 1.165) is 11.3 Å². The van der Waals surface area contributed by atoms with E-state index in [1.165, 1.54) is 0 Å². The highest BCUT2D eigenvalue weighted by atomic mass is 35.5. The zero-order chi connectivity index (χ0) is 9.84. The van der Waals surface area contributed by atoms with E-state index < -0.39 is 0 Å². The minimum absolute atomic E-state index is 0.646. The van der Waals surface area contributed by atoms with Crippen molar-refractivity contribution in [2.75, 3.05) is 12.4 Å². The molecule has 0 aliphatic rings. The lowest BCUT2D eigenvalue weighted by atomic mass is 10.1. The molecule has 1 rings (SSSR count). The first kappa shape index (κ1) is 9.81. The maximum atomic E-state index is 5.91. The fourth-order valence-electron chi connectivity index (χ4n) is 0.988. The topological polar surface area (TPSA) is 24.4 Å². The number of benzene rings is 1. The van der Waals surface area contributed by atoms with Crippen molar-refractivity contribution < 1.29 is 0 Å². The molecule has 0 atom stereocenters. The van der Waals surface area contributed by atoms with Crippen LogP contribution in [-0.4, -0.2) is 13.8 Å². The van der Waals surface area contributed by atoms with Gasteiger partial charge in [0.25, 0.3) is 0 Å². The lowest BCUT2D eigenvalue weighted by Gasteiger charge is -2.06. The summed E-state index contributed by atoms with van der Waals surface area (Å²) in [6.07, 6.45) is 0. The van der Waals surface area contributed by atoms with Crippen LogP contribution in [0.2, 0.25) is 5.02 Å². The normalized spacial score (nSPS) is 9.38. The van der Waals surface area contributed by atoms with Crippen LogP contribution in [0.4, 0.5) is 5.69 Å². The van der Waals surface area contributed by atoms with Crippen molar-refractivity contribution in [2.24, 2.45) is 4.99 Å². The highest BCUT2D eigenvalue weighted by molar-refractivity contribution is 6.33. The van der Waals surface area contributed by atoms with Gasteiger partial charge in [0.15, 0.2) is 0 Å². The Morgan fingerprint density at radius 1 is 1.54 bits per heavy atom. The number of rotatable bonds is 3. The van der Waals surface area contributed by atoms with E-state index in [2.05, 4.69) is 23.6 Å². The largest absolute Gasteiger partial charge is 0.387 e. The molecule has 0 aliphatic heterocycles. The molecule has 0 aliphatic carbocycles. The van der Waals surface area contributed by atoms with Crippen LogP contribution >= 0.6 is 11.6 Å². The van der Waals surface area contributed by atoms with Crippen LogP contribution in [0.15, 0.2) is 29.8 Å². The quantitative estimate of drug-likeness (QED) is 0.735. The fraction of sp³-hybridized carbons (Fsp3) is 0.100. The minimum atomic E-state index is 0.646. The summed E-state index contributed by atoms with van der Waals surface area (Å²) in [5, 5.41) is 3.66. The van der Waals surface area contributed by atoms with E-state index in [1.807, 2.05) is 19.2 Å². The van der Waals surface area contributed by atoms with Crippen molar-refractivity contribution in [1.29, 1.82) is 0 Å². The van der Waals surface area contributed by atoms with Gasteiger partial charge >= 0.3 is 0 Å². The summed E-state index contributed by atoms with van der Waals surface area (Å²) in [6, 6.07) is 5.55. The van der Waals surface area contributed by atoms with Gasteiger partial charge in [0.2, 0.25) is 0 Å². The molecule has 0 bridgehead atoms. The zero-order valence-electron chi connectivity index (χ0n) is 7.47. The maximum absolute atomic E-state index is 5.91. The monoisotopic (exact) mass is 194 g/mol. The van der Waals surface area contributed by atoms with Crippen LogP contribution < -0.4 is 5.32 Å². The second kappa shape index (κ2) is 4.10. The molecular formula is C10H11ClN2. The molecule has 3 heteroatoms. The molecule has 68 valence electrons. The molecule has 1 aromatic carbocycles. The molecule has 0 amide bonds. The number of nitrogens with zero attached hydrogens (tertiary/aromatic N) is 1. The fourth-order valence-corrected chi connectivity index (χ4v) is 1.20. The third kappa shape index (κ3) is 2.10. The molecule has 1 aromatic rings. The Morgan fingerprint density at radius 2 is 2.23 bits per heavy atom. The summed E-state index contributed by atoms with van der Waals surface area (Å²) in [4.78, 5) is 3.75. The lowest BCUT2D eigenvalue weighted by molar-refractivity contribution is 1.47. The number of nitrogens with one attached hydrogen (secondary N) is 1. The Kier molecular flexibility index (Phi) is 3.09. The molecule has 0 saturated carbocycles. The first-order chi connectivity index (χ1) is 6.19. The van der Waals surface area contributed by atoms with Gasteiger partial charge in [-0.2, -0.15) is 0 Å². The van der Waals surface area contributed by atoms with Crippen molar-refractivity contribution in [3.05, 3.63) is 35.4 Å². The van der Waals surface area contributed by atoms with Crippen LogP contribution in [0.3, 0.4) is 0 Å². The Balaban J connectivity index is 3.13. The Hall–Kier alpha value is -1.28. The molecule has 0 aromatic heterocycles. The van der Waals surface area contributed by atoms with Gasteiger partial charge in [0, 0.05) is 12.6 Å². The van der Waals surface area contributed by atoms with Crippen molar-refractivity contribution in [2.45, 2.75) is 0 Å². The van der Waals surface area contributed by atoms with Crippen LogP contribution in [0.25, 0.3) is 5.70 Å². The predicted octanol–water partition coefficient (Wildman–Crippen LogP) is 3.05. The zero-order valence-corrected chi connectivity index (χ0v) is 8.23. The molecule has 0 radical (unpaired) electrons. The number of hydrogen-bond acceptors (Lipinski definition) is 2. The summed E-state index contributed by atoms with van der Waals surface area (Å²) < 4.78 is 0. The van der Waals surface area contributed by atoms with E-state index in [-0.39, 0.29) is 0 Å². The third-order valence-electron chi connectivity index (χ3n) is 1.76. The van der Waals surface area contributed by atoms with Gasteiger partial charge in [0.1, 0.15) is 0 Å². The number of halogens is 1. The second-order valence-corrected chi connectivity index (χ2v) is 2.96. The number of aliphatic imine (C=N–C) groups is 1. The van der Waals surface area contributed by atoms with Gasteiger partial charge in [-0.05, 0) is 18.9 Å². The molecule has 1 N–H and O–H groups in total. The summed E-state index contributed by atoms with van der Waals surface area (Å²) in [7, 11) is 1.81. The van der Waals surface area contributed by atoms with Gasteiger partial charge in [-0.1, -0.05) is 24.2 Å². The van der Waals surface area contributed by atoms with Crippen molar-refractivity contribution in [1.82, 2.24) is 0 Å². The molecule has 0 heterocycles. The van der Waals surface area contributed by atoms with Gasteiger partial charge in [-0.3, -0.25) is 4.99 Å². The summed E-state index contributed by atoms with van der Waals surface area (Å²) >= 11 is 5.91. The lowest BCUT2D eigenvalue weighted by Crippen LogP contribution is -1.90. The van der Waals surface area contributed by atoms with Gasteiger partial charge in [-0.15, -0.1) is 0 Å². The molecule has 2 nitrogen and oxygen atoms in total.